The molecule has 0 aliphatic carbocycles. The van der Waals surface area contributed by atoms with E-state index in [4.69, 9.17) is 21.4 Å². The van der Waals surface area contributed by atoms with Gasteiger partial charge < -0.3 is 15.2 Å². The minimum atomic E-state index is -0.923. The van der Waals surface area contributed by atoms with Crippen LogP contribution in [0, 0.1) is 0 Å². The number of nitrogens with one attached hydrogen (secondary N) is 1. The first-order valence-corrected chi connectivity index (χ1v) is 12.3. The van der Waals surface area contributed by atoms with Crippen LogP contribution in [0.3, 0.4) is 0 Å². The van der Waals surface area contributed by atoms with Crippen LogP contribution in [-0.2, 0) is 9.53 Å². The summed E-state index contributed by atoms with van der Waals surface area (Å²) in [6.45, 7) is 7.25. The molecular weight excluding hydrogens is 473 g/mol. The molecule has 2 aliphatic heterocycles. The van der Waals surface area contributed by atoms with Gasteiger partial charge in [0.05, 0.1) is 12.6 Å². The van der Waals surface area contributed by atoms with Gasteiger partial charge in [-0.3, -0.25) is 9.80 Å². The van der Waals surface area contributed by atoms with E-state index < -0.39 is 5.97 Å². The maximum absolute atomic E-state index is 10.5. The Morgan fingerprint density at radius 1 is 0.941 bits per heavy atom. The number of hydrogen-bond acceptors (Lipinski definition) is 5. The van der Waals surface area contributed by atoms with Gasteiger partial charge in [0.2, 0.25) is 0 Å². The fourth-order valence-electron chi connectivity index (χ4n) is 4.29. The van der Waals surface area contributed by atoms with Gasteiger partial charge in [0.1, 0.15) is 6.61 Å². The second-order valence-electron chi connectivity index (χ2n) is 8.50. The van der Waals surface area contributed by atoms with Crippen LogP contribution in [0.15, 0.2) is 54.6 Å². The number of carbonyl (C=O) groups is 1. The van der Waals surface area contributed by atoms with Gasteiger partial charge in [-0.2, -0.15) is 0 Å². The van der Waals surface area contributed by atoms with Gasteiger partial charge in [0.25, 0.3) is 0 Å². The van der Waals surface area contributed by atoms with Crippen molar-refractivity contribution in [3.8, 4) is 0 Å². The Labute approximate surface area is 214 Å². The summed E-state index contributed by atoms with van der Waals surface area (Å²) in [5.74, 6) is -0.923. The smallest absolute Gasteiger partial charge is 0.329 e. The normalized spacial score (nSPS) is 17.7. The highest BCUT2D eigenvalue weighted by atomic mass is 35.5. The Morgan fingerprint density at radius 2 is 1.56 bits per heavy atom. The molecule has 0 radical (unpaired) electrons. The van der Waals surface area contributed by atoms with Gasteiger partial charge in [-0.05, 0) is 49.2 Å². The lowest BCUT2D eigenvalue weighted by Gasteiger charge is -2.39. The number of halogens is 2. The lowest BCUT2D eigenvalue weighted by molar-refractivity contribution is -0.142. The van der Waals surface area contributed by atoms with Crippen molar-refractivity contribution >= 4 is 30.0 Å². The Balaban J connectivity index is 0.000000508. The summed E-state index contributed by atoms with van der Waals surface area (Å²) in [6.07, 6.45) is 4.22. The minimum Gasteiger partial charge on any atom is -0.480 e. The van der Waals surface area contributed by atoms with Crippen molar-refractivity contribution < 1.29 is 14.6 Å². The van der Waals surface area contributed by atoms with Crippen LogP contribution >= 0.6 is 24.0 Å². The average Bonchev–Trinajstić information content (AvgIpc) is 2.86. The topological polar surface area (TPSA) is 65.0 Å². The first kappa shape index (κ1) is 28.6. The maximum Gasteiger partial charge on any atom is 0.329 e. The summed E-state index contributed by atoms with van der Waals surface area (Å²) in [5, 5.41) is 12.7. The first-order chi connectivity index (χ1) is 16.1. The molecule has 2 aliphatic rings. The standard InChI is InChI=1S/C21H25ClN2O3.C5H11N.ClH/c22-19-8-6-18(7-9-19)21(17-4-2-1-3-5-17)24-12-10-23(11-13-24)14-15-27-16-20(25)26;1-2-4-6-5-3-1;/h1-9,21H,10-16H2,(H,25,26);6H,1-5H2;1H. The highest BCUT2D eigenvalue weighted by Crippen LogP contribution is 2.30. The Bertz CT molecular complexity index is 800. The Kier molecular flexibility index (Phi) is 13.5. The van der Waals surface area contributed by atoms with E-state index in [1.54, 1.807) is 0 Å². The van der Waals surface area contributed by atoms with Crippen LogP contribution in [0.1, 0.15) is 36.4 Å². The van der Waals surface area contributed by atoms with Crippen LogP contribution in [0.2, 0.25) is 5.02 Å². The fraction of sp³-hybridized carbons (Fsp3) is 0.500. The van der Waals surface area contributed by atoms with Crippen LogP contribution in [-0.4, -0.2) is 79.9 Å². The van der Waals surface area contributed by atoms with E-state index in [0.717, 1.165) is 37.7 Å². The van der Waals surface area contributed by atoms with E-state index in [0.29, 0.717) is 6.61 Å². The van der Waals surface area contributed by atoms with Crippen molar-refractivity contribution in [2.24, 2.45) is 0 Å². The summed E-state index contributed by atoms with van der Waals surface area (Å²) in [6, 6.07) is 18.8. The Morgan fingerprint density at radius 3 is 2.09 bits per heavy atom. The fourth-order valence-corrected chi connectivity index (χ4v) is 4.42. The number of ether oxygens (including phenoxy) is 1. The van der Waals surface area contributed by atoms with E-state index in [2.05, 4.69) is 51.5 Å². The Hall–Kier alpha value is -1.67. The summed E-state index contributed by atoms with van der Waals surface area (Å²) in [5.41, 5.74) is 2.52. The van der Waals surface area contributed by atoms with Crippen molar-refractivity contribution in [3.63, 3.8) is 0 Å². The summed E-state index contributed by atoms with van der Waals surface area (Å²) < 4.78 is 5.15. The number of piperidine rings is 1. The monoisotopic (exact) mass is 509 g/mol. The maximum atomic E-state index is 10.5. The summed E-state index contributed by atoms with van der Waals surface area (Å²) in [4.78, 5) is 15.3. The molecule has 2 heterocycles. The van der Waals surface area contributed by atoms with Gasteiger partial charge >= 0.3 is 5.97 Å². The lowest BCUT2D eigenvalue weighted by Crippen LogP contribution is -2.48. The highest BCUT2D eigenvalue weighted by Gasteiger charge is 2.26. The second kappa shape index (κ2) is 16.1. The molecule has 8 heteroatoms. The number of carboxylic acid groups (broad SMARTS) is 1. The molecule has 1 unspecified atom stereocenters. The van der Waals surface area contributed by atoms with Crippen LogP contribution in [0.4, 0.5) is 0 Å². The molecule has 2 saturated heterocycles. The number of nitrogens with zero attached hydrogens (tertiary/aromatic N) is 2. The van der Waals surface area contributed by atoms with Crippen LogP contribution < -0.4 is 5.32 Å². The molecular formula is C26H37Cl2N3O3. The molecule has 1 atom stereocenters. The van der Waals surface area contributed by atoms with E-state index in [1.807, 2.05) is 18.2 Å². The molecule has 2 N–H and O–H groups in total. The molecule has 188 valence electrons. The summed E-state index contributed by atoms with van der Waals surface area (Å²) in [7, 11) is 0. The van der Waals surface area contributed by atoms with Crippen molar-refractivity contribution in [2.75, 3.05) is 59.0 Å². The number of piperazine rings is 1. The predicted molar refractivity (Wildman–Crippen MR) is 140 cm³/mol. The van der Waals surface area contributed by atoms with Crippen LogP contribution in [0.25, 0.3) is 0 Å². The second-order valence-corrected chi connectivity index (χ2v) is 8.94. The molecule has 2 aromatic carbocycles. The molecule has 0 saturated carbocycles. The van der Waals surface area contributed by atoms with Crippen LogP contribution in [0.5, 0.6) is 0 Å². The van der Waals surface area contributed by atoms with Crippen molar-refractivity contribution in [1.29, 1.82) is 0 Å². The van der Waals surface area contributed by atoms with Gasteiger partial charge in [-0.25, -0.2) is 4.79 Å². The zero-order chi connectivity index (χ0) is 23.3. The van der Waals surface area contributed by atoms with Crippen molar-refractivity contribution in [3.05, 3.63) is 70.7 Å². The number of rotatable bonds is 8. The molecule has 0 amide bonds. The molecule has 6 nitrogen and oxygen atoms in total. The molecule has 34 heavy (non-hydrogen) atoms. The van der Waals surface area contributed by atoms with Crippen molar-refractivity contribution in [2.45, 2.75) is 25.3 Å². The number of benzene rings is 2. The van der Waals surface area contributed by atoms with E-state index in [-0.39, 0.29) is 25.1 Å². The van der Waals surface area contributed by atoms with Gasteiger partial charge in [0, 0.05) is 37.7 Å². The van der Waals surface area contributed by atoms with Gasteiger partial charge in [-0.15, -0.1) is 12.4 Å². The molecule has 0 aromatic heterocycles. The lowest BCUT2D eigenvalue weighted by atomic mass is 9.96. The zero-order valence-electron chi connectivity index (χ0n) is 19.7. The first-order valence-electron chi connectivity index (χ1n) is 11.9. The number of hydrogen-bond donors (Lipinski definition) is 2. The van der Waals surface area contributed by atoms with E-state index in [9.17, 15) is 4.79 Å². The molecule has 0 bridgehead atoms. The predicted octanol–water partition coefficient (Wildman–Crippen LogP) is 4.33. The minimum absolute atomic E-state index is 0. The zero-order valence-corrected chi connectivity index (χ0v) is 21.3. The van der Waals surface area contributed by atoms with Crippen molar-refractivity contribution in [1.82, 2.24) is 15.1 Å². The molecule has 0 spiro atoms. The third-order valence-corrected chi connectivity index (χ3v) is 6.31. The van der Waals surface area contributed by atoms with E-state index >= 15 is 0 Å². The third-order valence-electron chi connectivity index (χ3n) is 6.06. The highest BCUT2D eigenvalue weighted by molar-refractivity contribution is 6.30. The SMILES string of the molecule is C1CCNCC1.Cl.O=C(O)COCCN1CCN(C(c2ccccc2)c2ccc(Cl)cc2)CC1. The third kappa shape index (κ3) is 9.90. The molecule has 2 fully saturated rings. The largest absolute Gasteiger partial charge is 0.480 e. The molecule has 4 rings (SSSR count). The number of aliphatic carboxylic acids is 1. The van der Waals surface area contributed by atoms with Gasteiger partial charge in [-0.1, -0.05) is 60.5 Å². The number of carboxylic acids is 1. The quantitative estimate of drug-likeness (QED) is 0.516. The summed E-state index contributed by atoms with van der Waals surface area (Å²) >= 11 is 6.08. The molecule has 2 aromatic rings. The average molecular weight is 511 g/mol. The van der Waals surface area contributed by atoms with E-state index in [1.165, 1.54) is 43.5 Å². The van der Waals surface area contributed by atoms with Gasteiger partial charge in [0.15, 0.2) is 0 Å².